The van der Waals surface area contributed by atoms with Crippen molar-refractivity contribution in [2.24, 2.45) is 0 Å². The fourth-order valence-electron chi connectivity index (χ4n) is 4.65. The first-order valence-corrected chi connectivity index (χ1v) is 10.6. The summed E-state index contributed by atoms with van der Waals surface area (Å²) in [4.78, 5) is 30.9. The summed E-state index contributed by atoms with van der Waals surface area (Å²) >= 11 is 0. The van der Waals surface area contributed by atoms with Crippen molar-refractivity contribution < 1.29 is 4.79 Å². The maximum atomic E-state index is 13.0. The summed E-state index contributed by atoms with van der Waals surface area (Å²) in [6.07, 6.45) is 8.56. The van der Waals surface area contributed by atoms with E-state index in [0.717, 1.165) is 36.3 Å². The minimum atomic E-state index is -0.197. The number of anilines is 2. The lowest BCUT2D eigenvalue weighted by atomic mass is 10.0. The van der Waals surface area contributed by atoms with Crippen LogP contribution in [0.3, 0.4) is 0 Å². The zero-order valence-electron chi connectivity index (χ0n) is 17.3. The number of hydrogen-bond acceptors (Lipinski definition) is 6. The van der Waals surface area contributed by atoms with Gasteiger partial charge in [-0.2, -0.15) is 14.8 Å². The highest BCUT2D eigenvalue weighted by Gasteiger charge is 2.41. The van der Waals surface area contributed by atoms with Crippen molar-refractivity contribution in [3.63, 3.8) is 0 Å². The molecule has 2 aliphatic rings. The summed E-state index contributed by atoms with van der Waals surface area (Å²) in [6.45, 7) is 2.07. The Morgan fingerprint density at radius 1 is 1.10 bits per heavy atom. The molecular formula is C22H25N7O. The maximum absolute atomic E-state index is 13.0. The second-order valence-corrected chi connectivity index (χ2v) is 7.91. The Morgan fingerprint density at radius 2 is 1.87 bits per heavy atom. The van der Waals surface area contributed by atoms with Crippen LogP contribution in [-0.4, -0.2) is 49.8 Å². The van der Waals surface area contributed by atoms with Crippen LogP contribution in [0.5, 0.6) is 0 Å². The van der Waals surface area contributed by atoms with Crippen LogP contribution < -0.4 is 9.80 Å². The van der Waals surface area contributed by atoms with Gasteiger partial charge >= 0.3 is 0 Å². The Bertz CT molecular complexity index is 1060. The number of carbonyl (C=O) groups is 1. The predicted octanol–water partition coefficient (Wildman–Crippen LogP) is 3.23. The molecule has 1 atom stereocenters. The molecule has 30 heavy (non-hydrogen) atoms. The molecule has 1 fully saturated rings. The third-order valence-corrected chi connectivity index (χ3v) is 6.17. The van der Waals surface area contributed by atoms with Crippen LogP contribution in [0.4, 0.5) is 11.5 Å². The van der Waals surface area contributed by atoms with E-state index in [0.29, 0.717) is 17.8 Å². The van der Waals surface area contributed by atoms with Gasteiger partial charge in [0.25, 0.3) is 5.95 Å². The topological polar surface area (TPSA) is 80.0 Å². The Kier molecular flexibility index (Phi) is 4.69. The fraction of sp³-hybridized carbons (Fsp3) is 0.409. The Balaban J connectivity index is 1.63. The molecule has 1 saturated carbocycles. The molecular weight excluding hydrogens is 378 g/mol. The highest BCUT2D eigenvalue weighted by molar-refractivity contribution is 6.04. The molecule has 0 N–H and O–H groups in total. The molecule has 0 spiro atoms. The molecule has 2 aromatic heterocycles. The lowest BCUT2D eigenvalue weighted by molar-refractivity contribution is -0.120. The molecule has 0 saturated heterocycles. The van der Waals surface area contributed by atoms with Gasteiger partial charge in [0, 0.05) is 18.7 Å². The van der Waals surface area contributed by atoms with E-state index in [4.69, 9.17) is 4.98 Å². The van der Waals surface area contributed by atoms with Crippen LogP contribution in [0.1, 0.15) is 39.0 Å². The number of aromatic nitrogens is 5. The van der Waals surface area contributed by atoms with Crippen molar-refractivity contribution in [1.82, 2.24) is 24.7 Å². The van der Waals surface area contributed by atoms with Gasteiger partial charge in [0.05, 0.1) is 6.20 Å². The van der Waals surface area contributed by atoms with E-state index in [-0.39, 0.29) is 11.9 Å². The standard InChI is InChI=1S/C22H25N7O/c1-3-17-21(30)27(2)18-13-23-22(26-20(18)28(17)16-11-7-8-12-16)29-19(24-14-25-29)15-9-5-4-6-10-15/h4-6,9-10,13-14,16-17H,3,7-8,11-12H2,1-2H3/t17-/m1/s1. The lowest BCUT2D eigenvalue weighted by Gasteiger charge is -2.43. The van der Waals surface area contributed by atoms with Crippen LogP contribution in [0.25, 0.3) is 17.3 Å². The molecule has 154 valence electrons. The normalized spacial score (nSPS) is 19.4. The maximum Gasteiger partial charge on any atom is 0.254 e. The molecule has 3 aromatic rings. The minimum Gasteiger partial charge on any atom is -0.340 e. The van der Waals surface area contributed by atoms with Gasteiger partial charge in [-0.15, -0.1) is 0 Å². The van der Waals surface area contributed by atoms with E-state index in [1.165, 1.54) is 19.2 Å². The number of nitrogens with zero attached hydrogens (tertiary/aromatic N) is 7. The molecule has 8 heteroatoms. The number of rotatable bonds is 4. The van der Waals surface area contributed by atoms with Crippen molar-refractivity contribution in [3.05, 3.63) is 42.9 Å². The SMILES string of the molecule is CC[C@@H]1C(=O)N(C)c2cnc(-n3ncnc3-c3ccccc3)nc2N1C1CCCC1. The van der Waals surface area contributed by atoms with E-state index in [1.54, 1.807) is 15.8 Å². The average Bonchev–Trinajstić information content (AvgIpc) is 3.48. The molecule has 1 amide bonds. The third kappa shape index (κ3) is 2.94. The van der Waals surface area contributed by atoms with Crippen molar-refractivity contribution in [2.75, 3.05) is 16.8 Å². The molecule has 0 radical (unpaired) electrons. The first kappa shape index (κ1) is 18.7. The molecule has 1 aromatic carbocycles. The van der Waals surface area contributed by atoms with Gasteiger partial charge in [0.1, 0.15) is 18.1 Å². The number of carbonyl (C=O) groups excluding carboxylic acids is 1. The fourth-order valence-corrected chi connectivity index (χ4v) is 4.65. The monoisotopic (exact) mass is 403 g/mol. The third-order valence-electron chi connectivity index (χ3n) is 6.17. The molecule has 1 aliphatic carbocycles. The van der Waals surface area contributed by atoms with Gasteiger partial charge in [0.2, 0.25) is 5.91 Å². The molecule has 5 rings (SSSR count). The molecule has 0 unspecified atom stereocenters. The van der Waals surface area contributed by atoms with Gasteiger partial charge in [-0.05, 0) is 19.3 Å². The highest BCUT2D eigenvalue weighted by atomic mass is 16.2. The van der Waals surface area contributed by atoms with E-state index in [2.05, 4.69) is 26.9 Å². The number of hydrogen-bond donors (Lipinski definition) is 0. The van der Waals surface area contributed by atoms with Gasteiger partial charge in [-0.3, -0.25) is 4.79 Å². The average molecular weight is 403 g/mol. The van der Waals surface area contributed by atoms with Gasteiger partial charge in [-0.1, -0.05) is 50.1 Å². The van der Waals surface area contributed by atoms with Crippen LogP contribution in [0.15, 0.2) is 42.9 Å². The Morgan fingerprint density at radius 3 is 2.60 bits per heavy atom. The first-order chi connectivity index (χ1) is 14.7. The summed E-state index contributed by atoms with van der Waals surface area (Å²) in [5.74, 6) is 2.08. The Labute approximate surface area is 175 Å². The molecule has 3 heterocycles. The van der Waals surface area contributed by atoms with E-state index in [1.807, 2.05) is 37.4 Å². The smallest absolute Gasteiger partial charge is 0.254 e. The van der Waals surface area contributed by atoms with Crippen molar-refractivity contribution in [2.45, 2.75) is 51.1 Å². The second kappa shape index (κ2) is 7.51. The van der Waals surface area contributed by atoms with Gasteiger partial charge in [-0.25, -0.2) is 9.97 Å². The van der Waals surface area contributed by atoms with Gasteiger partial charge in [0.15, 0.2) is 11.6 Å². The number of likely N-dealkylation sites (N-methyl/N-ethyl adjacent to an activating group) is 1. The largest absolute Gasteiger partial charge is 0.340 e. The molecule has 1 aliphatic heterocycles. The summed E-state index contributed by atoms with van der Waals surface area (Å²) < 4.78 is 1.67. The van der Waals surface area contributed by atoms with Crippen LogP contribution in [-0.2, 0) is 4.79 Å². The minimum absolute atomic E-state index is 0.110. The summed E-state index contributed by atoms with van der Waals surface area (Å²) in [5.41, 5.74) is 1.70. The lowest BCUT2D eigenvalue weighted by Crippen LogP contribution is -2.55. The van der Waals surface area contributed by atoms with Crippen LogP contribution in [0, 0.1) is 0 Å². The van der Waals surface area contributed by atoms with E-state index < -0.39 is 0 Å². The van der Waals surface area contributed by atoms with Crippen molar-refractivity contribution in [3.8, 4) is 17.3 Å². The zero-order valence-corrected chi connectivity index (χ0v) is 17.3. The zero-order chi connectivity index (χ0) is 20.7. The Hall–Kier alpha value is -3.29. The highest BCUT2D eigenvalue weighted by Crippen LogP contribution is 2.39. The van der Waals surface area contributed by atoms with Crippen LogP contribution >= 0.6 is 0 Å². The van der Waals surface area contributed by atoms with Gasteiger partial charge < -0.3 is 9.80 Å². The summed E-state index contributed by atoms with van der Waals surface area (Å²) in [7, 11) is 1.81. The van der Waals surface area contributed by atoms with Crippen LogP contribution in [0.2, 0.25) is 0 Å². The predicted molar refractivity (Wildman–Crippen MR) is 115 cm³/mol. The first-order valence-electron chi connectivity index (χ1n) is 10.6. The number of amides is 1. The molecule has 8 nitrogen and oxygen atoms in total. The second-order valence-electron chi connectivity index (χ2n) is 7.91. The van der Waals surface area contributed by atoms with E-state index in [9.17, 15) is 4.79 Å². The summed E-state index contributed by atoms with van der Waals surface area (Å²) in [5, 5.41) is 4.39. The van der Waals surface area contributed by atoms with Crippen molar-refractivity contribution >= 4 is 17.4 Å². The quantitative estimate of drug-likeness (QED) is 0.665. The van der Waals surface area contributed by atoms with E-state index >= 15 is 0 Å². The summed E-state index contributed by atoms with van der Waals surface area (Å²) in [6, 6.07) is 10.0. The van der Waals surface area contributed by atoms with Crippen molar-refractivity contribution in [1.29, 1.82) is 0 Å². The molecule has 0 bridgehead atoms. The number of fused-ring (bicyclic) bond motifs is 1. The number of benzene rings is 1.